The Labute approximate surface area is 159 Å². The highest BCUT2D eigenvalue weighted by Crippen LogP contribution is 2.41. The van der Waals surface area contributed by atoms with Crippen LogP contribution in [0.25, 0.3) is 0 Å². The van der Waals surface area contributed by atoms with Crippen molar-refractivity contribution in [2.45, 2.75) is 38.5 Å². The van der Waals surface area contributed by atoms with Gasteiger partial charge in [-0.1, -0.05) is 12.5 Å². The summed E-state index contributed by atoms with van der Waals surface area (Å²) in [4.78, 5) is 29.4. The number of nitrogens with zero attached hydrogens (tertiary/aromatic N) is 2. The quantitative estimate of drug-likeness (QED) is 0.796. The smallest absolute Gasteiger partial charge is 0.260 e. The summed E-state index contributed by atoms with van der Waals surface area (Å²) in [7, 11) is 0. The van der Waals surface area contributed by atoms with E-state index in [4.69, 9.17) is 4.74 Å². The molecule has 0 aromatic heterocycles. The normalized spacial score (nSPS) is 25.7. The molecule has 6 heteroatoms. The summed E-state index contributed by atoms with van der Waals surface area (Å²) in [5.41, 5.74) is -0.406. The van der Waals surface area contributed by atoms with Crippen LogP contribution in [0.1, 0.15) is 38.5 Å². The Hall–Kier alpha value is -2.11. The van der Waals surface area contributed by atoms with Gasteiger partial charge in [0, 0.05) is 32.2 Å². The number of rotatable bonds is 5. The lowest BCUT2D eigenvalue weighted by molar-refractivity contribution is -0.147. The molecule has 1 spiro atoms. The SMILES string of the molecule is O=C(COc1cccc(F)c1)N1CC[C@]2(CCCN(CC3CCC3)C2=O)C1. The first kappa shape index (κ1) is 18.3. The third-order valence-corrected chi connectivity index (χ3v) is 6.39. The van der Waals surface area contributed by atoms with Gasteiger partial charge in [0.2, 0.25) is 5.91 Å². The second-order valence-corrected chi connectivity index (χ2v) is 8.24. The van der Waals surface area contributed by atoms with Crippen LogP contribution in [0.3, 0.4) is 0 Å². The predicted molar refractivity (Wildman–Crippen MR) is 98.7 cm³/mol. The van der Waals surface area contributed by atoms with Crippen LogP contribution < -0.4 is 4.74 Å². The molecule has 146 valence electrons. The van der Waals surface area contributed by atoms with Crippen LogP contribution in [0.15, 0.2) is 24.3 Å². The number of benzene rings is 1. The number of carbonyl (C=O) groups excluding carboxylic acids is 2. The lowest BCUT2D eigenvalue weighted by atomic mass is 9.77. The Morgan fingerprint density at radius 3 is 2.81 bits per heavy atom. The van der Waals surface area contributed by atoms with Gasteiger partial charge in [-0.2, -0.15) is 0 Å². The Morgan fingerprint density at radius 1 is 1.22 bits per heavy atom. The molecule has 5 nitrogen and oxygen atoms in total. The van der Waals surface area contributed by atoms with E-state index in [1.165, 1.54) is 31.4 Å². The zero-order chi connectivity index (χ0) is 18.9. The molecule has 1 aliphatic carbocycles. The number of piperidine rings is 1. The van der Waals surface area contributed by atoms with Gasteiger partial charge in [0.15, 0.2) is 6.61 Å². The minimum atomic E-state index is -0.406. The summed E-state index contributed by atoms with van der Waals surface area (Å²) in [5.74, 6) is 0.724. The maximum absolute atomic E-state index is 13.2. The van der Waals surface area contributed by atoms with Crippen molar-refractivity contribution in [2.75, 3.05) is 32.8 Å². The van der Waals surface area contributed by atoms with Gasteiger partial charge < -0.3 is 14.5 Å². The predicted octanol–water partition coefficient (Wildman–Crippen LogP) is 2.85. The Kier molecular flexibility index (Phi) is 5.06. The highest BCUT2D eigenvalue weighted by Gasteiger charge is 2.49. The fourth-order valence-corrected chi connectivity index (χ4v) is 4.57. The molecule has 2 amide bonds. The van der Waals surface area contributed by atoms with E-state index in [1.54, 1.807) is 17.0 Å². The summed E-state index contributed by atoms with van der Waals surface area (Å²) in [6.07, 6.45) is 6.36. The number of hydrogen-bond acceptors (Lipinski definition) is 3. The topological polar surface area (TPSA) is 49.9 Å². The van der Waals surface area contributed by atoms with Crippen molar-refractivity contribution in [3.05, 3.63) is 30.1 Å². The zero-order valence-corrected chi connectivity index (χ0v) is 15.7. The van der Waals surface area contributed by atoms with E-state index >= 15 is 0 Å². The Bertz CT molecular complexity index is 721. The molecule has 0 N–H and O–H groups in total. The third-order valence-electron chi connectivity index (χ3n) is 6.39. The molecule has 1 aromatic rings. The fraction of sp³-hybridized carbons (Fsp3) is 0.619. The van der Waals surface area contributed by atoms with Crippen LogP contribution in [-0.4, -0.2) is 54.4 Å². The van der Waals surface area contributed by atoms with E-state index < -0.39 is 5.41 Å². The summed E-state index contributed by atoms with van der Waals surface area (Å²) < 4.78 is 18.6. The first-order valence-corrected chi connectivity index (χ1v) is 10.0. The average Bonchev–Trinajstić information content (AvgIpc) is 3.05. The van der Waals surface area contributed by atoms with Crippen LogP contribution in [0.5, 0.6) is 5.75 Å². The van der Waals surface area contributed by atoms with E-state index in [2.05, 4.69) is 0 Å². The Balaban J connectivity index is 1.33. The summed E-state index contributed by atoms with van der Waals surface area (Å²) in [5, 5.41) is 0. The average molecular weight is 374 g/mol. The van der Waals surface area contributed by atoms with E-state index in [9.17, 15) is 14.0 Å². The van der Waals surface area contributed by atoms with Crippen LogP contribution in [0.4, 0.5) is 4.39 Å². The van der Waals surface area contributed by atoms with E-state index in [0.29, 0.717) is 24.8 Å². The lowest BCUT2D eigenvalue weighted by Gasteiger charge is -2.42. The molecule has 0 bridgehead atoms. The molecule has 27 heavy (non-hydrogen) atoms. The molecule has 2 heterocycles. The van der Waals surface area contributed by atoms with Crippen molar-refractivity contribution < 1.29 is 18.7 Å². The van der Waals surface area contributed by atoms with Gasteiger partial charge in [-0.05, 0) is 50.2 Å². The van der Waals surface area contributed by atoms with Crippen LogP contribution in [0.2, 0.25) is 0 Å². The molecule has 1 aromatic carbocycles. The minimum absolute atomic E-state index is 0.125. The van der Waals surface area contributed by atoms with Crippen molar-refractivity contribution in [3.63, 3.8) is 0 Å². The second-order valence-electron chi connectivity index (χ2n) is 8.24. The summed E-state index contributed by atoms with van der Waals surface area (Å²) in [6.45, 7) is 2.69. The monoisotopic (exact) mass is 374 g/mol. The summed E-state index contributed by atoms with van der Waals surface area (Å²) >= 11 is 0. The molecule has 1 saturated carbocycles. The van der Waals surface area contributed by atoms with Gasteiger partial charge in [0.05, 0.1) is 5.41 Å². The van der Waals surface area contributed by atoms with Crippen molar-refractivity contribution >= 4 is 11.8 Å². The zero-order valence-electron chi connectivity index (χ0n) is 15.7. The maximum Gasteiger partial charge on any atom is 0.260 e. The highest BCUT2D eigenvalue weighted by atomic mass is 19.1. The second kappa shape index (κ2) is 7.49. The Morgan fingerprint density at radius 2 is 2.07 bits per heavy atom. The largest absolute Gasteiger partial charge is 0.484 e. The molecule has 1 atom stereocenters. The number of carbonyl (C=O) groups is 2. The van der Waals surface area contributed by atoms with Gasteiger partial charge in [-0.15, -0.1) is 0 Å². The van der Waals surface area contributed by atoms with Crippen molar-refractivity contribution in [3.8, 4) is 5.75 Å². The first-order chi connectivity index (χ1) is 13.1. The molecule has 2 aliphatic heterocycles. The van der Waals surface area contributed by atoms with Crippen molar-refractivity contribution in [2.24, 2.45) is 11.3 Å². The van der Waals surface area contributed by atoms with Crippen LogP contribution in [-0.2, 0) is 9.59 Å². The molecular formula is C21H27FN2O3. The first-order valence-electron chi connectivity index (χ1n) is 10.0. The van der Waals surface area contributed by atoms with Crippen LogP contribution in [0, 0.1) is 17.2 Å². The van der Waals surface area contributed by atoms with Gasteiger partial charge in [0.25, 0.3) is 5.91 Å². The van der Waals surface area contributed by atoms with Crippen molar-refractivity contribution in [1.29, 1.82) is 0 Å². The molecule has 0 radical (unpaired) electrons. The van der Waals surface area contributed by atoms with Gasteiger partial charge in [-0.3, -0.25) is 9.59 Å². The van der Waals surface area contributed by atoms with Crippen molar-refractivity contribution in [1.82, 2.24) is 9.80 Å². The summed E-state index contributed by atoms with van der Waals surface area (Å²) in [6, 6.07) is 5.78. The number of hydrogen-bond donors (Lipinski definition) is 0. The van der Waals surface area contributed by atoms with Gasteiger partial charge >= 0.3 is 0 Å². The molecule has 3 aliphatic rings. The maximum atomic E-state index is 13.2. The number of amides is 2. The highest BCUT2D eigenvalue weighted by molar-refractivity contribution is 5.86. The number of halogens is 1. The lowest BCUT2D eigenvalue weighted by Crippen LogP contribution is -2.52. The van der Waals surface area contributed by atoms with Crippen LogP contribution >= 0.6 is 0 Å². The fourth-order valence-electron chi connectivity index (χ4n) is 4.57. The van der Waals surface area contributed by atoms with E-state index in [-0.39, 0.29) is 24.2 Å². The third kappa shape index (κ3) is 3.80. The van der Waals surface area contributed by atoms with E-state index in [1.807, 2.05) is 4.90 Å². The number of ether oxygens (including phenoxy) is 1. The number of likely N-dealkylation sites (tertiary alicyclic amines) is 2. The molecule has 3 fully saturated rings. The minimum Gasteiger partial charge on any atom is -0.484 e. The van der Waals surface area contributed by atoms with Gasteiger partial charge in [-0.25, -0.2) is 4.39 Å². The molecule has 2 saturated heterocycles. The molecular weight excluding hydrogens is 347 g/mol. The molecule has 0 unspecified atom stereocenters. The van der Waals surface area contributed by atoms with Gasteiger partial charge in [0.1, 0.15) is 11.6 Å². The molecule has 4 rings (SSSR count). The van der Waals surface area contributed by atoms with E-state index in [0.717, 1.165) is 32.4 Å². The standard InChI is InChI=1S/C21H27FN2O3/c22-17-6-2-7-18(12-17)27-14-19(25)24-11-9-21(15-24)8-3-10-23(20(21)26)13-16-4-1-5-16/h2,6-7,12,16H,1,3-5,8-11,13-15H2/t21-/m1/s1.